The summed E-state index contributed by atoms with van der Waals surface area (Å²) in [6.45, 7) is 7.09. The number of nitrogens with zero attached hydrogens (tertiary/aromatic N) is 5. The number of aromatic nitrogens is 2. The number of hydrogen-bond acceptors (Lipinski definition) is 8. The molecule has 3 aromatic rings. The van der Waals surface area contributed by atoms with Crippen molar-refractivity contribution in [2.24, 2.45) is 0 Å². The Balaban J connectivity index is 1.34. The highest BCUT2D eigenvalue weighted by Gasteiger charge is 2.27. The van der Waals surface area contributed by atoms with E-state index in [9.17, 15) is 14.4 Å². The smallest absolute Gasteiger partial charge is 0.267 e. The zero-order valence-electron chi connectivity index (χ0n) is 22.1. The first-order valence-corrected chi connectivity index (χ1v) is 14.1. The number of rotatable bonds is 6. The average molecular weight is 548 g/mol. The third-order valence-corrected chi connectivity index (χ3v) is 7.92. The Morgan fingerprint density at radius 2 is 1.69 bits per heavy atom. The van der Waals surface area contributed by atoms with Crippen molar-refractivity contribution < 1.29 is 14.4 Å². The van der Waals surface area contributed by atoms with E-state index in [-0.39, 0.29) is 24.1 Å². The number of nitrogens with one attached hydrogen (secondary N) is 2. The Hall–Kier alpha value is -3.83. The van der Waals surface area contributed by atoms with Gasteiger partial charge >= 0.3 is 0 Å². The third kappa shape index (κ3) is 6.43. The van der Waals surface area contributed by atoms with Crippen molar-refractivity contribution in [3.05, 3.63) is 70.2 Å². The largest absolute Gasteiger partial charge is 0.366 e. The van der Waals surface area contributed by atoms with E-state index < -0.39 is 0 Å². The molecule has 5 rings (SSSR count). The van der Waals surface area contributed by atoms with Crippen molar-refractivity contribution >= 4 is 40.6 Å². The lowest BCUT2D eigenvalue weighted by Gasteiger charge is -2.37. The predicted octanol–water partition coefficient (Wildman–Crippen LogP) is 2.43. The van der Waals surface area contributed by atoms with Crippen LogP contribution >= 0.6 is 11.5 Å². The molecule has 1 aromatic heterocycles. The van der Waals surface area contributed by atoms with Gasteiger partial charge in [0, 0.05) is 51.4 Å². The number of benzene rings is 2. The van der Waals surface area contributed by atoms with Crippen molar-refractivity contribution in [3.8, 4) is 0 Å². The van der Waals surface area contributed by atoms with E-state index in [2.05, 4.69) is 25.1 Å². The summed E-state index contributed by atoms with van der Waals surface area (Å²) >= 11 is 1.12. The van der Waals surface area contributed by atoms with Crippen molar-refractivity contribution in [2.45, 2.75) is 19.8 Å². The fraction of sp³-hybridized carbons (Fsp3) is 0.393. The van der Waals surface area contributed by atoms with Gasteiger partial charge in [-0.05, 0) is 55.2 Å². The van der Waals surface area contributed by atoms with Crippen LogP contribution in [0.4, 0.5) is 11.4 Å². The zero-order valence-corrected chi connectivity index (χ0v) is 22.9. The van der Waals surface area contributed by atoms with Gasteiger partial charge in [-0.2, -0.15) is 0 Å². The van der Waals surface area contributed by atoms with Crippen molar-refractivity contribution in [2.75, 3.05) is 62.6 Å². The van der Waals surface area contributed by atoms with Gasteiger partial charge in [0.2, 0.25) is 5.91 Å². The maximum Gasteiger partial charge on any atom is 0.267 e. The summed E-state index contributed by atoms with van der Waals surface area (Å²) in [6.07, 6.45) is 1.14. The van der Waals surface area contributed by atoms with Crippen LogP contribution < -0.4 is 15.5 Å². The van der Waals surface area contributed by atoms with Crippen LogP contribution in [0.5, 0.6) is 0 Å². The minimum Gasteiger partial charge on any atom is -0.366 e. The summed E-state index contributed by atoms with van der Waals surface area (Å²) in [5.74, 6) is -0.229. The van der Waals surface area contributed by atoms with Crippen LogP contribution in [-0.4, -0.2) is 89.5 Å². The first-order chi connectivity index (χ1) is 19.0. The summed E-state index contributed by atoms with van der Waals surface area (Å²) in [5.41, 5.74) is 3.57. The first kappa shape index (κ1) is 26.8. The molecule has 0 bridgehead atoms. The number of piperazine rings is 1. The Bertz CT molecular complexity index is 1310. The average Bonchev–Trinajstić information content (AvgIpc) is 3.20. The quantitative estimate of drug-likeness (QED) is 0.488. The molecule has 0 aliphatic carbocycles. The Kier molecular flexibility index (Phi) is 8.48. The molecule has 0 radical (unpaired) electrons. The lowest BCUT2D eigenvalue weighted by Crippen LogP contribution is -2.49. The normalized spacial score (nSPS) is 16.1. The fourth-order valence-electron chi connectivity index (χ4n) is 4.97. The molecule has 0 atom stereocenters. The van der Waals surface area contributed by atoms with Crippen LogP contribution in [0.15, 0.2) is 48.5 Å². The van der Waals surface area contributed by atoms with E-state index in [0.29, 0.717) is 61.1 Å². The van der Waals surface area contributed by atoms with E-state index in [0.717, 1.165) is 42.3 Å². The molecule has 39 heavy (non-hydrogen) atoms. The van der Waals surface area contributed by atoms with Crippen LogP contribution in [-0.2, 0) is 11.2 Å². The van der Waals surface area contributed by atoms with E-state index in [4.69, 9.17) is 0 Å². The highest BCUT2D eigenvalue weighted by Crippen LogP contribution is 2.30. The number of carbonyl (C=O) groups excluding carboxylic acids is 3. The van der Waals surface area contributed by atoms with Crippen molar-refractivity contribution in [1.29, 1.82) is 0 Å². The second kappa shape index (κ2) is 12.4. The molecule has 2 fully saturated rings. The van der Waals surface area contributed by atoms with E-state index in [1.54, 1.807) is 13.0 Å². The second-order valence-electron chi connectivity index (χ2n) is 9.80. The Labute approximate surface area is 232 Å². The summed E-state index contributed by atoms with van der Waals surface area (Å²) in [6, 6.07) is 15.1. The monoisotopic (exact) mass is 547 g/mol. The van der Waals surface area contributed by atoms with Crippen molar-refractivity contribution in [3.63, 3.8) is 0 Å². The molecule has 2 aliphatic rings. The third-order valence-electron chi connectivity index (χ3n) is 7.11. The van der Waals surface area contributed by atoms with Gasteiger partial charge in [0.05, 0.1) is 23.5 Å². The SMILES string of the molecule is Cc1nnsc1C(=O)N1CCN(c2ccc(C(=O)N3CCCNCC3)cc2NC(=O)Cc2ccccc2)CC1. The summed E-state index contributed by atoms with van der Waals surface area (Å²) in [4.78, 5) is 45.8. The fourth-order valence-corrected chi connectivity index (χ4v) is 5.60. The van der Waals surface area contributed by atoms with Gasteiger partial charge in [-0.3, -0.25) is 14.4 Å². The van der Waals surface area contributed by atoms with Crippen molar-refractivity contribution in [1.82, 2.24) is 24.7 Å². The van der Waals surface area contributed by atoms with E-state index >= 15 is 0 Å². The van der Waals surface area contributed by atoms with Gasteiger partial charge in [0.1, 0.15) is 4.88 Å². The van der Waals surface area contributed by atoms with Gasteiger partial charge in [-0.25, -0.2) is 0 Å². The van der Waals surface area contributed by atoms with E-state index in [1.165, 1.54) is 0 Å². The number of hydrogen-bond donors (Lipinski definition) is 2. The highest BCUT2D eigenvalue weighted by atomic mass is 32.1. The highest BCUT2D eigenvalue weighted by molar-refractivity contribution is 7.07. The molecular weight excluding hydrogens is 514 g/mol. The molecule has 3 heterocycles. The minimum atomic E-state index is -0.145. The van der Waals surface area contributed by atoms with Gasteiger partial charge < -0.3 is 25.3 Å². The van der Waals surface area contributed by atoms with E-state index in [1.807, 2.05) is 52.3 Å². The van der Waals surface area contributed by atoms with Gasteiger partial charge in [-0.15, -0.1) is 5.10 Å². The summed E-state index contributed by atoms with van der Waals surface area (Å²) < 4.78 is 3.89. The molecule has 2 N–H and O–H groups in total. The van der Waals surface area contributed by atoms with Crippen LogP contribution in [0, 0.1) is 6.92 Å². The second-order valence-corrected chi connectivity index (χ2v) is 10.6. The van der Waals surface area contributed by atoms with Crippen LogP contribution in [0.2, 0.25) is 0 Å². The maximum absolute atomic E-state index is 13.3. The molecule has 0 saturated carbocycles. The lowest BCUT2D eigenvalue weighted by molar-refractivity contribution is -0.115. The number of anilines is 2. The Morgan fingerprint density at radius 3 is 2.44 bits per heavy atom. The van der Waals surface area contributed by atoms with Crippen LogP contribution in [0.3, 0.4) is 0 Å². The van der Waals surface area contributed by atoms with Gasteiger partial charge in [-0.1, -0.05) is 34.8 Å². The molecule has 0 unspecified atom stereocenters. The molecule has 3 amide bonds. The molecular formula is C28H33N7O3S. The molecule has 2 aromatic carbocycles. The van der Waals surface area contributed by atoms with Crippen LogP contribution in [0.1, 0.15) is 37.7 Å². The first-order valence-electron chi connectivity index (χ1n) is 13.3. The minimum absolute atomic E-state index is 0.0345. The molecule has 10 nitrogen and oxygen atoms in total. The standard InChI is InChI=1S/C28H33N7O3S/c1-20-26(39-32-31-20)28(38)35-16-14-33(15-17-35)24-9-8-22(27(37)34-12-5-10-29-11-13-34)19-23(24)30-25(36)18-21-6-3-2-4-7-21/h2-4,6-9,19,29H,5,10-18H2,1H3,(H,30,36). The Morgan fingerprint density at radius 1 is 0.923 bits per heavy atom. The molecule has 0 spiro atoms. The topological polar surface area (TPSA) is 111 Å². The summed E-state index contributed by atoms with van der Waals surface area (Å²) in [7, 11) is 0. The van der Waals surface area contributed by atoms with Gasteiger partial charge in [0.25, 0.3) is 11.8 Å². The predicted molar refractivity (Wildman–Crippen MR) is 151 cm³/mol. The zero-order chi connectivity index (χ0) is 27.2. The molecule has 11 heteroatoms. The van der Waals surface area contributed by atoms with Crippen LogP contribution in [0.25, 0.3) is 0 Å². The number of carbonyl (C=O) groups is 3. The maximum atomic E-state index is 13.3. The lowest BCUT2D eigenvalue weighted by atomic mass is 10.1. The molecule has 2 saturated heterocycles. The molecule has 204 valence electrons. The molecule has 2 aliphatic heterocycles. The van der Waals surface area contributed by atoms with Gasteiger partial charge in [0.15, 0.2) is 0 Å². The number of amides is 3. The number of aryl methyl sites for hydroxylation is 1. The summed E-state index contributed by atoms with van der Waals surface area (Å²) in [5, 5.41) is 10.4.